The molecule has 0 radical (unpaired) electrons. The number of hydrogen-bond donors (Lipinski definition) is 2. The first-order chi connectivity index (χ1) is 19.1. The number of unbranched alkanes of at least 4 members (excludes halogenated alkanes) is 3. The zero-order valence-corrected chi connectivity index (χ0v) is 23.1. The van der Waals surface area contributed by atoms with Gasteiger partial charge in [-0.1, -0.05) is 69.5 Å². The van der Waals surface area contributed by atoms with Crippen LogP contribution in [-0.4, -0.2) is 29.7 Å². The topological polar surface area (TPSA) is 75.6 Å². The first-order valence-electron chi connectivity index (χ1n) is 14.0. The van der Waals surface area contributed by atoms with E-state index in [4.69, 9.17) is 9.84 Å². The molecule has 0 bridgehead atoms. The smallest absolute Gasteiger partial charge is 0.395 e. The largest absolute Gasteiger partial charge is 0.486 e. The van der Waals surface area contributed by atoms with Gasteiger partial charge in [0.25, 0.3) is 5.91 Å². The first-order valence-corrected chi connectivity index (χ1v) is 14.0. The number of amides is 1. The number of benzene rings is 2. The minimum absolute atomic E-state index is 0.0600. The predicted molar refractivity (Wildman–Crippen MR) is 150 cm³/mol. The molecule has 2 N–H and O–H groups in total. The third-order valence-electron chi connectivity index (χ3n) is 7.06. The maximum Gasteiger partial charge on any atom is 0.395 e. The summed E-state index contributed by atoms with van der Waals surface area (Å²) in [6.07, 6.45) is 5.58. The van der Waals surface area contributed by atoms with Crippen LogP contribution in [0.3, 0.4) is 0 Å². The molecule has 8 heteroatoms. The van der Waals surface area contributed by atoms with Gasteiger partial charge in [-0.05, 0) is 72.2 Å². The van der Waals surface area contributed by atoms with E-state index in [1.807, 2.05) is 37.3 Å². The van der Waals surface area contributed by atoms with E-state index in [2.05, 4.69) is 12.2 Å². The Kier molecular flexibility index (Phi) is 11.4. The van der Waals surface area contributed by atoms with Crippen molar-refractivity contribution in [2.45, 2.75) is 77.5 Å². The molecule has 0 aliphatic heterocycles. The van der Waals surface area contributed by atoms with Crippen LogP contribution in [0.5, 0.6) is 5.75 Å². The fourth-order valence-electron chi connectivity index (χ4n) is 4.73. The molecule has 0 heterocycles. The standard InChI is InChI=1S/C32H38F3NO4/c1-3-5-6-7-8-29(24-9-11-25(12-10-24)31(39)36-20-19-30(37)38)40-27-17-18-28(22(4-2)21-27)23-13-15-26(16-14-23)32(33,34)35/h9-15,17-18,21,26,29H,3-8,16,19-20H2,1-2H3,(H,36,39)(H,37,38). The molecule has 2 atom stereocenters. The first kappa shape index (κ1) is 31.0. The van der Waals surface area contributed by atoms with Crippen LogP contribution >= 0.6 is 0 Å². The number of halogens is 3. The van der Waals surface area contributed by atoms with E-state index < -0.39 is 18.1 Å². The zero-order chi connectivity index (χ0) is 29.1. The molecule has 0 saturated carbocycles. The Labute approximate surface area is 234 Å². The van der Waals surface area contributed by atoms with Gasteiger partial charge >= 0.3 is 12.1 Å². The summed E-state index contributed by atoms with van der Waals surface area (Å²) in [6, 6.07) is 12.9. The van der Waals surface area contributed by atoms with Crippen LogP contribution in [0.25, 0.3) is 5.57 Å². The SMILES string of the molecule is CCCCCCC(Oc1ccc(C2=CCC(C(F)(F)F)C=C2)c(CC)c1)c1ccc(C(=O)NCCC(=O)O)cc1. The van der Waals surface area contributed by atoms with Crippen molar-refractivity contribution >= 4 is 17.4 Å². The second kappa shape index (κ2) is 14.7. The van der Waals surface area contributed by atoms with Crippen molar-refractivity contribution in [1.29, 1.82) is 0 Å². The van der Waals surface area contributed by atoms with Crippen LogP contribution in [0.15, 0.2) is 60.7 Å². The van der Waals surface area contributed by atoms with Gasteiger partial charge in [0.2, 0.25) is 0 Å². The molecule has 1 aliphatic carbocycles. The van der Waals surface area contributed by atoms with Crippen molar-refractivity contribution in [2.75, 3.05) is 6.54 Å². The molecule has 5 nitrogen and oxygen atoms in total. The van der Waals surface area contributed by atoms with Gasteiger partial charge in [0.05, 0.1) is 12.3 Å². The van der Waals surface area contributed by atoms with Crippen LogP contribution in [-0.2, 0) is 11.2 Å². The van der Waals surface area contributed by atoms with E-state index in [9.17, 15) is 22.8 Å². The third-order valence-corrected chi connectivity index (χ3v) is 7.06. The van der Waals surface area contributed by atoms with Gasteiger partial charge in [0.15, 0.2) is 0 Å². The lowest BCUT2D eigenvalue weighted by Crippen LogP contribution is -2.26. The number of carboxylic acid groups (broad SMARTS) is 1. The molecule has 2 unspecified atom stereocenters. The van der Waals surface area contributed by atoms with Gasteiger partial charge in [0.1, 0.15) is 11.9 Å². The number of carboxylic acids is 1. The summed E-state index contributed by atoms with van der Waals surface area (Å²) >= 11 is 0. The van der Waals surface area contributed by atoms with Gasteiger partial charge in [-0.3, -0.25) is 9.59 Å². The number of nitrogens with one attached hydrogen (secondary N) is 1. The maximum absolute atomic E-state index is 13.1. The number of aliphatic carboxylic acids is 1. The normalized spacial score (nSPS) is 15.8. The van der Waals surface area contributed by atoms with E-state index in [1.165, 1.54) is 6.08 Å². The molecule has 216 valence electrons. The van der Waals surface area contributed by atoms with E-state index in [0.29, 0.717) is 17.7 Å². The predicted octanol–water partition coefficient (Wildman–Crippen LogP) is 8.07. The molecule has 3 rings (SSSR count). The van der Waals surface area contributed by atoms with Crippen LogP contribution in [0, 0.1) is 5.92 Å². The van der Waals surface area contributed by atoms with Gasteiger partial charge < -0.3 is 15.2 Å². The van der Waals surface area contributed by atoms with Crippen molar-refractivity contribution in [3.63, 3.8) is 0 Å². The van der Waals surface area contributed by atoms with Crippen LogP contribution in [0.2, 0.25) is 0 Å². The molecule has 2 aromatic rings. The average molecular weight is 558 g/mol. The molecule has 1 aliphatic rings. The number of carbonyl (C=O) groups is 2. The van der Waals surface area contributed by atoms with Crippen molar-refractivity contribution in [3.05, 3.63) is 82.9 Å². The number of aryl methyl sites for hydroxylation is 1. The van der Waals surface area contributed by atoms with Gasteiger partial charge in [-0.2, -0.15) is 13.2 Å². The van der Waals surface area contributed by atoms with E-state index >= 15 is 0 Å². The molecule has 2 aromatic carbocycles. The number of alkyl halides is 3. The Balaban J connectivity index is 1.76. The number of rotatable bonds is 14. The van der Waals surface area contributed by atoms with Crippen molar-refractivity contribution < 1.29 is 32.6 Å². The number of hydrogen-bond acceptors (Lipinski definition) is 3. The van der Waals surface area contributed by atoms with Gasteiger partial charge in [-0.15, -0.1) is 0 Å². The lowest BCUT2D eigenvalue weighted by Gasteiger charge is -2.22. The van der Waals surface area contributed by atoms with Crippen LogP contribution in [0.4, 0.5) is 13.2 Å². The molecule has 1 amide bonds. The quantitative estimate of drug-likeness (QED) is 0.230. The summed E-state index contributed by atoms with van der Waals surface area (Å²) in [5.41, 5.74) is 4.06. The average Bonchev–Trinajstić information content (AvgIpc) is 2.94. The van der Waals surface area contributed by atoms with E-state index in [-0.39, 0.29) is 31.4 Å². The Morgan fingerprint density at radius 2 is 1.82 bits per heavy atom. The summed E-state index contributed by atoms with van der Waals surface area (Å²) < 4.78 is 45.7. The fourth-order valence-corrected chi connectivity index (χ4v) is 4.73. The summed E-state index contributed by atoms with van der Waals surface area (Å²) in [5.74, 6) is -2.06. The highest BCUT2D eigenvalue weighted by atomic mass is 19.4. The minimum atomic E-state index is -4.24. The second-order valence-corrected chi connectivity index (χ2v) is 10.1. The number of ether oxygens (including phenoxy) is 1. The highest BCUT2D eigenvalue weighted by molar-refractivity contribution is 5.94. The fraction of sp³-hybridized carbons (Fsp3) is 0.438. The summed E-state index contributed by atoms with van der Waals surface area (Å²) in [7, 11) is 0. The summed E-state index contributed by atoms with van der Waals surface area (Å²) in [4.78, 5) is 23.0. The Morgan fingerprint density at radius 3 is 2.42 bits per heavy atom. The summed E-state index contributed by atoms with van der Waals surface area (Å²) in [5, 5.41) is 11.4. The molecular weight excluding hydrogens is 519 g/mol. The monoisotopic (exact) mass is 557 g/mol. The Morgan fingerprint density at radius 1 is 1.07 bits per heavy atom. The van der Waals surface area contributed by atoms with Crippen molar-refractivity contribution in [2.24, 2.45) is 5.92 Å². The number of allylic oxidation sites excluding steroid dienone is 4. The zero-order valence-electron chi connectivity index (χ0n) is 23.1. The van der Waals surface area contributed by atoms with Crippen molar-refractivity contribution in [3.8, 4) is 5.75 Å². The lowest BCUT2D eigenvalue weighted by atomic mass is 9.90. The van der Waals surface area contributed by atoms with Crippen LogP contribution < -0.4 is 10.1 Å². The minimum Gasteiger partial charge on any atom is -0.486 e. The molecule has 0 aromatic heterocycles. The summed E-state index contributed by atoms with van der Waals surface area (Å²) in [6.45, 7) is 4.23. The molecule has 0 fully saturated rings. The highest BCUT2D eigenvalue weighted by Crippen LogP contribution is 2.37. The van der Waals surface area contributed by atoms with E-state index in [1.54, 1.807) is 24.3 Å². The highest BCUT2D eigenvalue weighted by Gasteiger charge is 2.37. The van der Waals surface area contributed by atoms with E-state index in [0.717, 1.165) is 54.4 Å². The van der Waals surface area contributed by atoms with Crippen molar-refractivity contribution in [1.82, 2.24) is 5.32 Å². The third kappa shape index (κ3) is 9.00. The van der Waals surface area contributed by atoms with Gasteiger partial charge in [-0.25, -0.2) is 0 Å². The maximum atomic E-state index is 13.1. The molecule has 40 heavy (non-hydrogen) atoms. The number of carbonyl (C=O) groups excluding carboxylic acids is 1. The molecule has 0 saturated heterocycles. The van der Waals surface area contributed by atoms with Gasteiger partial charge in [0, 0.05) is 12.1 Å². The van der Waals surface area contributed by atoms with Crippen LogP contribution in [0.1, 0.15) is 91.9 Å². The Bertz CT molecular complexity index is 1200. The molecular formula is C32H38F3NO4. The lowest BCUT2D eigenvalue weighted by molar-refractivity contribution is -0.160. The second-order valence-electron chi connectivity index (χ2n) is 10.1. The molecule has 0 spiro atoms. The Hall–Kier alpha value is -3.55.